The van der Waals surface area contributed by atoms with E-state index >= 15 is 0 Å². The molecule has 0 fully saturated rings. The first-order chi connectivity index (χ1) is 13.1. The van der Waals surface area contributed by atoms with Crippen LogP contribution in [0.15, 0.2) is 42.5 Å². The quantitative estimate of drug-likeness (QED) is 0.733. The van der Waals surface area contributed by atoms with Crippen LogP contribution < -0.4 is 15.4 Å². The fourth-order valence-corrected chi connectivity index (χ4v) is 2.96. The molecular formula is C19H15N5O3. The molecule has 1 aromatic heterocycles. The van der Waals surface area contributed by atoms with E-state index in [1.165, 1.54) is 0 Å². The third-order valence-electron chi connectivity index (χ3n) is 4.22. The smallest absolute Gasteiger partial charge is 0.262 e. The molecule has 8 heteroatoms. The number of amides is 2. The number of hydrogen-bond donors (Lipinski definition) is 2. The molecule has 1 aliphatic rings. The maximum absolute atomic E-state index is 12.4. The van der Waals surface area contributed by atoms with Gasteiger partial charge in [-0.25, -0.2) is 4.98 Å². The van der Waals surface area contributed by atoms with Gasteiger partial charge in [-0.15, -0.1) is 0 Å². The summed E-state index contributed by atoms with van der Waals surface area (Å²) in [6.45, 7) is 0.286. The van der Waals surface area contributed by atoms with Crippen LogP contribution in [0.1, 0.15) is 11.4 Å². The molecule has 0 spiro atoms. The Labute approximate surface area is 154 Å². The van der Waals surface area contributed by atoms with Gasteiger partial charge in [0.1, 0.15) is 18.4 Å². The molecule has 0 radical (unpaired) electrons. The predicted molar refractivity (Wildman–Crippen MR) is 96.9 cm³/mol. The van der Waals surface area contributed by atoms with Crippen molar-refractivity contribution in [3.8, 4) is 11.8 Å². The molecule has 4 rings (SSSR count). The van der Waals surface area contributed by atoms with Gasteiger partial charge in [-0.3, -0.25) is 9.59 Å². The molecule has 0 aliphatic carbocycles. The van der Waals surface area contributed by atoms with Crippen LogP contribution in [0.3, 0.4) is 0 Å². The second-order valence-corrected chi connectivity index (χ2v) is 6.07. The van der Waals surface area contributed by atoms with Gasteiger partial charge >= 0.3 is 0 Å². The Morgan fingerprint density at radius 3 is 3.04 bits per heavy atom. The van der Waals surface area contributed by atoms with Gasteiger partial charge < -0.3 is 19.9 Å². The normalized spacial score (nSPS) is 12.6. The number of aromatic nitrogens is 2. The standard InChI is InChI=1S/C19H15N5O3/c20-8-17-22-13-3-1-2-4-15(13)24(17)10-18(25)21-9-12-5-6-16-14(7-12)23-19(26)11-27-16/h1-7H,9-11H2,(H,21,25)(H,23,26). The maximum Gasteiger partial charge on any atom is 0.262 e. The van der Waals surface area contributed by atoms with E-state index in [0.29, 0.717) is 17.0 Å². The van der Waals surface area contributed by atoms with Gasteiger partial charge in [0.25, 0.3) is 5.91 Å². The van der Waals surface area contributed by atoms with Crippen molar-refractivity contribution in [2.75, 3.05) is 11.9 Å². The average Bonchev–Trinajstić information content (AvgIpc) is 3.03. The third-order valence-corrected chi connectivity index (χ3v) is 4.22. The topological polar surface area (TPSA) is 109 Å². The van der Waals surface area contributed by atoms with Gasteiger partial charge in [-0.2, -0.15) is 5.26 Å². The van der Waals surface area contributed by atoms with Gasteiger partial charge in [-0.05, 0) is 29.8 Å². The van der Waals surface area contributed by atoms with Crippen molar-refractivity contribution < 1.29 is 14.3 Å². The van der Waals surface area contributed by atoms with Crippen LogP contribution in [0.4, 0.5) is 5.69 Å². The molecule has 0 bridgehead atoms. The Morgan fingerprint density at radius 1 is 1.33 bits per heavy atom. The van der Waals surface area contributed by atoms with Gasteiger partial charge in [0.05, 0.1) is 16.7 Å². The van der Waals surface area contributed by atoms with E-state index in [9.17, 15) is 14.9 Å². The van der Waals surface area contributed by atoms with Gasteiger partial charge in [-0.1, -0.05) is 18.2 Å². The Morgan fingerprint density at radius 2 is 2.19 bits per heavy atom. The highest BCUT2D eigenvalue weighted by Gasteiger charge is 2.16. The summed E-state index contributed by atoms with van der Waals surface area (Å²) in [5.74, 6) is 0.348. The highest BCUT2D eigenvalue weighted by Crippen LogP contribution is 2.28. The predicted octanol–water partition coefficient (Wildman–Crippen LogP) is 1.56. The molecule has 2 N–H and O–H groups in total. The lowest BCUT2D eigenvalue weighted by Crippen LogP contribution is -2.28. The molecule has 2 heterocycles. The van der Waals surface area contributed by atoms with E-state index in [-0.39, 0.29) is 37.3 Å². The second kappa shape index (κ2) is 6.80. The van der Waals surface area contributed by atoms with Crippen LogP contribution in [0.25, 0.3) is 11.0 Å². The largest absolute Gasteiger partial charge is 0.482 e. The van der Waals surface area contributed by atoms with E-state index in [1.807, 2.05) is 30.3 Å². The number of hydrogen-bond acceptors (Lipinski definition) is 5. The number of imidazole rings is 1. The zero-order valence-corrected chi connectivity index (χ0v) is 14.2. The zero-order valence-electron chi connectivity index (χ0n) is 14.2. The van der Waals surface area contributed by atoms with E-state index in [2.05, 4.69) is 15.6 Å². The maximum atomic E-state index is 12.4. The first kappa shape index (κ1) is 16.6. The minimum absolute atomic E-state index is 0.00315. The van der Waals surface area contributed by atoms with Crippen molar-refractivity contribution in [2.24, 2.45) is 0 Å². The highest BCUT2D eigenvalue weighted by atomic mass is 16.5. The fraction of sp³-hybridized carbons (Fsp3) is 0.158. The van der Waals surface area contributed by atoms with Crippen molar-refractivity contribution >= 4 is 28.5 Å². The van der Waals surface area contributed by atoms with Crippen molar-refractivity contribution in [3.63, 3.8) is 0 Å². The van der Waals surface area contributed by atoms with E-state index < -0.39 is 0 Å². The first-order valence-electron chi connectivity index (χ1n) is 8.31. The molecule has 2 aromatic carbocycles. The summed E-state index contributed by atoms with van der Waals surface area (Å²) in [5, 5.41) is 14.8. The van der Waals surface area contributed by atoms with Crippen LogP contribution in [0.5, 0.6) is 5.75 Å². The highest BCUT2D eigenvalue weighted by molar-refractivity contribution is 5.95. The molecule has 0 saturated heterocycles. The number of rotatable bonds is 4. The van der Waals surface area contributed by atoms with Crippen molar-refractivity contribution in [3.05, 3.63) is 53.9 Å². The molecule has 0 unspecified atom stereocenters. The Balaban J connectivity index is 1.46. The first-order valence-corrected chi connectivity index (χ1v) is 8.31. The Hall–Kier alpha value is -3.86. The Bertz CT molecular complexity index is 1100. The number of carbonyl (C=O) groups excluding carboxylic acids is 2. The lowest BCUT2D eigenvalue weighted by atomic mass is 10.1. The molecule has 8 nitrogen and oxygen atoms in total. The third kappa shape index (κ3) is 3.30. The number of nitrogens with one attached hydrogen (secondary N) is 2. The summed E-state index contributed by atoms with van der Waals surface area (Å²) < 4.78 is 6.90. The monoisotopic (exact) mass is 361 g/mol. The SMILES string of the molecule is N#Cc1nc2ccccc2n1CC(=O)NCc1ccc2c(c1)NC(=O)CO2. The van der Waals surface area contributed by atoms with Crippen molar-refractivity contribution in [1.82, 2.24) is 14.9 Å². The van der Waals surface area contributed by atoms with E-state index in [4.69, 9.17) is 4.74 Å². The fourth-order valence-electron chi connectivity index (χ4n) is 2.96. The summed E-state index contributed by atoms with van der Waals surface area (Å²) in [4.78, 5) is 28.0. The van der Waals surface area contributed by atoms with Crippen LogP contribution in [0.2, 0.25) is 0 Å². The van der Waals surface area contributed by atoms with Gasteiger partial charge in [0, 0.05) is 6.54 Å². The molecular weight excluding hydrogens is 346 g/mol. The molecule has 2 amide bonds. The number of fused-ring (bicyclic) bond motifs is 2. The second-order valence-electron chi connectivity index (χ2n) is 6.07. The van der Waals surface area contributed by atoms with E-state index in [0.717, 1.165) is 11.1 Å². The Kier molecular flexibility index (Phi) is 4.18. The van der Waals surface area contributed by atoms with Crippen LogP contribution in [-0.4, -0.2) is 28.0 Å². The number of benzene rings is 2. The number of ether oxygens (including phenoxy) is 1. The molecule has 27 heavy (non-hydrogen) atoms. The lowest BCUT2D eigenvalue weighted by Gasteiger charge is -2.18. The molecule has 0 saturated carbocycles. The number of nitriles is 1. The lowest BCUT2D eigenvalue weighted by molar-refractivity contribution is -0.122. The van der Waals surface area contributed by atoms with Crippen LogP contribution in [0, 0.1) is 11.3 Å². The number of anilines is 1. The van der Waals surface area contributed by atoms with Gasteiger partial charge in [0.2, 0.25) is 11.7 Å². The number of carbonyl (C=O) groups is 2. The molecule has 1 aliphatic heterocycles. The van der Waals surface area contributed by atoms with Gasteiger partial charge in [0.15, 0.2) is 6.61 Å². The summed E-state index contributed by atoms with van der Waals surface area (Å²) in [5.41, 5.74) is 2.82. The number of para-hydroxylation sites is 2. The van der Waals surface area contributed by atoms with Crippen LogP contribution >= 0.6 is 0 Å². The number of nitrogens with zero attached hydrogens (tertiary/aromatic N) is 3. The van der Waals surface area contributed by atoms with Crippen molar-refractivity contribution in [2.45, 2.75) is 13.1 Å². The summed E-state index contributed by atoms with van der Waals surface area (Å²) in [6, 6.07) is 14.7. The molecule has 134 valence electrons. The average molecular weight is 361 g/mol. The summed E-state index contributed by atoms with van der Waals surface area (Å²) >= 11 is 0. The van der Waals surface area contributed by atoms with Crippen molar-refractivity contribution in [1.29, 1.82) is 5.26 Å². The van der Waals surface area contributed by atoms with E-state index in [1.54, 1.807) is 22.8 Å². The zero-order chi connectivity index (χ0) is 18.8. The molecule has 0 atom stereocenters. The minimum atomic E-state index is -0.243. The summed E-state index contributed by atoms with van der Waals surface area (Å²) in [6.07, 6.45) is 0. The van der Waals surface area contributed by atoms with Crippen LogP contribution in [-0.2, 0) is 22.7 Å². The molecule has 3 aromatic rings. The minimum Gasteiger partial charge on any atom is -0.482 e. The summed E-state index contributed by atoms with van der Waals surface area (Å²) in [7, 11) is 0.